The quantitative estimate of drug-likeness (QED) is 0.763. The van der Waals surface area contributed by atoms with Gasteiger partial charge in [-0.05, 0) is 19.9 Å². The summed E-state index contributed by atoms with van der Waals surface area (Å²) in [6.07, 6.45) is 1.57. The van der Waals surface area contributed by atoms with Crippen LogP contribution in [-0.4, -0.2) is 30.9 Å². The standard InChI is InChI=1S/C16H19NO5/c1-4-21-14-8-11-12(9-15(14)22-5-2)17(7-6-13(11)18)10-16(19)20-3/h6-9H,4-5,10H2,1-3H3. The first-order valence-corrected chi connectivity index (χ1v) is 7.10. The van der Waals surface area contributed by atoms with Crippen molar-refractivity contribution >= 4 is 16.9 Å². The number of aromatic nitrogens is 1. The van der Waals surface area contributed by atoms with Gasteiger partial charge in [0, 0.05) is 23.7 Å². The molecule has 0 N–H and O–H groups in total. The van der Waals surface area contributed by atoms with Crippen molar-refractivity contribution in [2.75, 3.05) is 20.3 Å². The van der Waals surface area contributed by atoms with Crippen molar-refractivity contribution in [3.63, 3.8) is 0 Å². The number of carbonyl (C=O) groups excluding carboxylic acids is 1. The second-order valence-electron chi connectivity index (χ2n) is 4.57. The molecule has 0 spiro atoms. The summed E-state index contributed by atoms with van der Waals surface area (Å²) >= 11 is 0. The number of nitrogens with zero attached hydrogens (tertiary/aromatic N) is 1. The van der Waals surface area contributed by atoms with Crippen LogP contribution in [0.4, 0.5) is 0 Å². The molecule has 2 rings (SSSR count). The van der Waals surface area contributed by atoms with E-state index < -0.39 is 5.97 Å². The van der Waals surface area contributed by atoms with E-state index in [0.717, 1.165) is 0 Å². The maximum Gasteiger partial charge on any atom is 0.325 e. The Morgan fingerprint density at radius 3 is 2.36 bits per heavy atom. The predicted octanol–water partition coefficient (Wildman–Crippen LogP) is 1.97. The Bertz CT molecular complexity index is 735. The topological polar surface area (TPSA) is 66.8 Å². The fraction of sp³-hybridized carbons (Fsp3) is 0.375. The summed E-state index contributed by atoms with van der Waals surface area (Å²) in [4.78, 5) is 23.6. The van der Waals surface area contributed by atoms with Gasteiger partial charge in [-0.2, -0.15) is 0 Å². The maximum absolute atomic E-state index is 12.1. The van der Waals surface area contributed by atoms with Crippen LogP contribution in [0.1, 0.15) is 13.8 Å². The SMILES string of the molecule is CCOc1cc2c(=O)ccn(CC(=O)OC)c2cc1OCC. The average molecular weight is 305 g/mol. The number of ether oxygens (including phenoxy) is 3. The zero-order chi connectivity index (χ0) is 16.1. The van der Waals surface area contributed by atoms with Crippen molar-refractivity contribution < 1.29 is 19.0 Å². The van der Waals surface area contributed by atoms with Gasteiger partial charge in [0.2, 0.25) is 0 Å². The van der Waals surface area contributed by atoms with Crippen LogP contribution in [0, 0.1) is 0 Å². The summed E-state index contributed by atoms with van der Waals surface area (Å²) in [5.74, 6) is 0.669. The van der Waals surface area contributed by atoms with Gasteiger partial charge in [0.15, 0.2) is 16.9 Å². The van der Waals surface area contributed by atoms with E-state index in [1.807, 2.05) is 13.8 Å². The highest BCUT2D eigenvalue weighted by atomic mass is 16.5. The fourth-order valence-electron chi connectivity index (χ4n) is 2.19. The molecule has 2 aromatic rings. The molecule has 0 bridgehead atoms. The van der Waals surface area contributed by atoms with Gasteiger partial charge in [-0.25, -0.2) is 0 Å². The molecule has 6 nitrogen and oxygen atoms in total. The lowest BCUT2D eigenvalue weighted by molar-refractivity contribution is -0.141. The molecule has 0 saturated heterocycles. The Balaban J connectivity index is 2.64. The van der Waals surface area contributed by atoms with Crippen molar-refractivity contribution in [3.05, 3.63) is 34.6 Å². The minimum atomic E-state index is -0.392. The maximum atomic E-state index is 12.1. The van der Waals surface area contributed by atoms with Gasteiger partial charge in [0.25, 0.3) is 0 Å². The minimum Gasteiger partial charge on any atom is -0.490 e. The second-order valence-corrected chi connectivity index (χ2v) is 4.57. The molecule has 0 unspecified atom stereocenters. The zero-order valence-electron chi connectivity index (χ0n) is 12.9. The molecule has 0 amide bonds. The van der Waals surface area contributed by atoms with E-state index in [-0.39, 0.29) is 12.0 Å². The third-order valence-electron chi connectivity index (χ3n) is 3.17. The number of methoxy groups -OCH3 is 1. The molecular formula is C16H19NO5. The molecule has 0 saturated carbocycles. The van der Waals surface area contributed by atoms with Crippen LogP contribution in [0.2, 0.25) is 0 Å². The molecule has 0 aliphatic heterocycles. The number of hydrogen-bond acceptors (Lipinski definition) is 5. The number of hydrogen-bond donors (Lipinski definition) is 0. The van der Waals surface area contributed by atoms with Crippen molar-refractivity contribution in [3.8, 4) is 11.5 Å². The van der Waals surface area contributed by atoms with E-state index in [1.165, 1.54) is 13.2 Å². The van der Waals surface area contributed by atoms with Gasteiger partial charge in [-0.3, -0.25) is 9.59 Å². The van der Waals surface area contributed by atoms with Crippen LogP contribution in [0.25, 0.3) is 10.9 Å². The zero-order valence-corrected chi connectivity index (χ0v) is 12.9. The predicted molar refractivity (Wildman–Crippen MR) is 82.6 cm³/mol. The molecule has 0 atom stereocenters. The molecule has 0 aliphatic rings. The number of carbonyl (C=O) groups is 1. The number of fused-ring (bicyclic) bond motifs is 1. The molecule has 22 heavy (non-hydrogen) atoms. The Labute approximate surface area is 128 Å². The lowest BCUT2D eigenvalue weighted by atomic mass is 10.1. The van der Waals surface area contributed by atoms with Crippen LogP contribution >= 0.6 is 0 Å². The molecule has 6 heteroatoms. The van der Waals surface area contributed by atoms with E-state index >= 15 is 0 Å². The Morgan fingerprint density at radius 1 is 1.14 bits per heavy atom. The molecule has 1 aromatic carbocycles. The van der Waals surface area contributed by atoms with Crippen molar-refractivity contribution in [2.45, 2.75) is 20.4 Å². The lowest BCUT2D eigenvalue weighted by Crippen LogP contribution is -2.15. The van der Waals surface area contributed by atoms with Gasteiger partial charge in [0.05, 0.1) is 25.8 Å². The van der Waals surface area contributed by atoms with Gasteiger partial charge >= 0.3 is 5.97 Å². The Kier molecular flexibility index (Phi) is 5.04. The number of benzene rings is 1. The van der Waals surface area contributed by atoms with E-state index in [0.29, 0.717) is 35.6 Å². The largest absolute Gasteiger partial charge is 0.490 e. The van der Waals surface area contributed by atoms with Crippen LogP contribution in [0.3, 0.4) is 0 Å². The molecular weight excluding hydrogens is 286 g/mol. The summed E-state index contributed by atoms with van der Waals surface area (Å²) in [7, 11) is 1.33. The van der Waals surface area contributed by atoms with Crippen LogP contribution < -0.4 is 14.9 Å². The van der Waals surface area contributed by atoms with Crippen molar-refractivity contribution in [2.24, 2.45) is 0 Å². The smallest absolute Gasteiger partial charge is 0.325 e. The molecule has 0 radical (unpaired) electrons. The van der Waals surface area contributed by atoms with E-state index in [2.05, 4.69) is 4.74 Å². The van der Waals surface area contributed by atoms with E-state index in [4.69, 9.17) is 9.47 Å². The Morgan fingerprint density at radius 2 is 1.77 bits per heavy atom. The highest BCUT2D eigenvalue weighted by Crippen LogP contribution is 2.31. The summed E-state index contributed by atoms with van der Waals surface area (Å²) in [5.41, 5.74) is 0.463. The molecule has 1 aromatic heterocycles. The average Bonchev–Trinajstić information content (AvgIpc) is 2.51. The second kappa shape index (κ2) is 6.98. The number of pyridine rings is 1. The highest BCUT2D eigenvalue weighted by Gasteiger charge is 2.13. The van der Waals surface area contributed by atoms with Gasteiger partial charge in [-0.15, -0.1) is 0 Å². The van der Waals surface area contributed by atoms with Gasteiger partial charge in [-0.1, -0.05) is 0 Å². The normalized spacial score (nSPS) is 10.5. The van der Waals surface area contributed by atoms with Crippen molar-refractivity contribution in [1.29, 1.82) is 0 Å². The van der Waals surface area contributed by atoms with Crippen LogP contribution in [0.5, 0.6) is 11.5 Å². The number of esters is 1. The highest BCUT2D eigenvalue weighted by molar-refractivity contribution is 5.84. The first-order chi connectivity index (χ1) is 10.6. The van der Waals surface area contributed by atoms with Gasteiger partial charge in [0.1, 0.15) is 6.54 Å². The summed E-state index contributed by atoms with van der Waals surface area (Å²) in [5, 5.41) is 0.471. The fourth-order valence-corrected chi connectivity index (χ4v) is 2.19. The molecule has 0 aliphatic carbocycles. The van der Waals surface area contributed by atoms with Gasteiger partial charge < -0.3 is 18.8 Å². The third kappa shape index (κ3) is 3.21. The van der Waals surface area contributed by atoms with Crippen molar-refractivity contribution in [1.82, 2.24) is 4.57 Å². The number of rotatable bonds is 6. The van der Waals surface area contributed by atoms with E-state index in [1.54, 1.807) is 22.9 Å². The Hall–Kier alpha value is -2.50. The summed E-state index contributed by atoms with van der Waals surface area (Å²) in [6.45, 7) is 4.69. The van der Waals surface area contributed by atoms with Crippen LogP contribution in [0.15, 0.2) is 29.2 Å². The molecule has 118 valence electrons. The first kappa shape index (κ1) is 15.9. The third-order valence-corrected chi connectivity index (χ3v) is 3.17. The molecule has 0 fully saturated rings. The lowest BCUT2D eigenvalue weighted by Gasteiger charge is -2.15. The van der Waals surface area contributed by atoms with Crippen LogP contribution in [-0.2, 0) is 16.1 Å². The first-order valence-electron chi connectivity index (χ1n) is 7.10. The summed E-state index contributed by atoms with van der Waals surface area (Å²) < 4.78 is 17.4. The monoisotopic (exact) mass is 305 g/mol. The summed E-state index contributed by atoms with van der Waals surface area (Å²) in [6, 6.07) is 4.79. The molecule has 1 heterocycles. The minimum absolute atomic E-state index is 0.0207. The van der Waals surface area contributed by atoms with E-state index in [9.17, 15) is 9.59 Å².